The average Bonchev–Trinajstić information content (AvgIpc) is 2.60. The SMILES string of the molecule is N#Cc1sc(-c2ccccc2Cl)nc1Cl. The van der Waals surface area contributed by atoms with E-state index < -0.39 is 0 Å². The summed E-state index contributed by atoms with van der Waals surface area (Å²) < 4.78 is 0. The van der Waals surface area contributed by atoms with Gasteiger partial charge in [0.1, 0.15) is 16.0 Å². The van der Waals surface area contributed by atoms with Crippen LogP contribution in [-0.2, 0) is 0 Å². The number of hydrogen-bond acceptors (Lipinski definition) is 3. The number of nitriles is 1. The van der Waals surface area contributed by atoms with Crippen molar-refractivity contribution in [2.75, 3.05) is 0 Å². The first kappa shape index (κ1) is 10.4. The molecule has 0 unspecified atom stereocenters. The van der Waals surface area contributed by atoms with Crippen LogP contribution < -0.4 is 0 Å². The molecule has 0 saturated carbocycles. The fourth-order valence-corrected chi connectivity index (χ4v) is 2.49. The van der Waals surface area contributed by atoms with Gasteiger partial charge in [-0.2, -0.15) is 5.26 Å². The van der Waals surface area contributed by atoms with Crippen LogP contribution in [0.25, 0.3) is 10.6 Å². The van der Waals surface area contributed by atoms with Crippen LogP contribution in [0.2, 0.25) is 10.2 Å². The molecular formula is C10H4Cl2N2S. The Balaban J connectivity index is 2.56. The van der Waals surface area contributed by atoms with Gasteiger partial charge in [0.2, 0.25) is 0 Å². The molecule has 5 heteroatoms. The molecule has 2 aromatic rings. The molecule has 2 rings (SSSR count). The minimum absolute atomic E-state index is 0.234. The van der Waals surface area contributed by atoms with E-state index in [1.165, 1.54) is 11.3 Å². The van der Waals surface area contributed by atoms with Crippen LogP contribution in [0.1, 0.15) is 4.88 Å². The zero-order valence-corrected chi connectivity index (χ0v) is 9.70. The predicted molar refractivity (Wildman–Crippen MR) is 62.3 cm³/mol. The summed E-state index contributed by atoms with van der Waals surface area (Å²) in [5.74, 6) is 0. The van der Waals surface area contributed by atoms with Gasteiger partial charge < -0.3 is 0 Å². The van der Waals surface area contributed by atoms with Gasteiger partial charge in [-0.25, -0.2) is 4.98 Å². The van der Waals surface area contributed by atoms with Crippen LogP contribution in [0.5, 0.6) is 0 Å². The van der Waals surface area contributed by atoms with Gasteiger partial charge in [-0.15, -0.1) is 11.3 Å². The lowest BCUT2D eigenvalue weighted by Gasteiger charge is -1.97. The fourth-order valence-electron chi connectivity index (χ4n) is 1.12. The summed E-state index contributed by atoms with van der Waals surface area (Å²) in [5, 5.41) is 10.3. The van der Waals surface area contributed by atoms with E-state index in [4.69, 9.17) is 28.5 Å². The Morgan fingerprint density at radius 3 is 2.60 bits per heavy atom. The third-order valence-corrected chi connectivity index (χ3v) is 3.50. The molecule has 0 aliphatic rings. The second kappa shape index (κ2) is 4.19. The molecule has 0 N–H and O–H groups in total. The summed E-state index contributed by atoms with van der Waals surface area (Å²) in [7, 11) is 0. The molecule has 0 fully saturated rings. The van der Waals surface area contributed by atoms with Gasteiger partial charge in [0, 0.05) is 5.56 Å². The quantitative estimate of drug-likeness (QED) is 0.772. The summed E-state index contributed by atoms with van der Waals surface area (Å²) >= 11 is 13.0. The molecule has 74 valence electrons. The van der Waals surface area contributed by atoms with E-state index in [2.05, 4.69) is 4.98 Å². The zero-order chi connectivity index (χ0) is 10.8. The molecule has 0 spiro atoms. The minimum atomic E-state index is 0.234. The van der Waals surface area contributed by atoms with E-state index in [1.807, 2.05) is 24.3 Å². The summed E-state index contributed by atoms with van der Waals surface area (Å²) in [6.07, 6.45) is 0. The molecule has 0 aliphatic carbocycles. The maximum absolute atomic E-state index is 8.75. The molecule has 15 heavy (non-hydrogen) atoms. The molecule has 0 bridgehead atoms. The van der Waals surface area contributed by atoms with Crippen molar-refractivity contribution < 1.29 is 0 Å². The molecular weight excluding hydrogens is 251 g/mol. The third-order valence-electron chi connectivity index (χ3n) is 1.79. The van der Waals surface area contributed by atoms with Crippen molar-refractivity contribution >= 4 is 34.5 Å². The topological polar surface area (TPSA) is 36.7 Å². The van der Waals surface area contributed by atoms with Gasteiger partial charge >= 0.3 is 0 Å². The van der Waals surface area contributed by atoms with Crippen LogP contribution in [0.4, 0.5) is 0 Å². The van der Waals surface area contributed by atoms with Crippen LogP contribution in [0.15, 0.2) is 24.3 Å². The maximum atomic E-state index is 8.75. The lowest BCUT2D eigenvalue weighted by atomic mass is 10.2. The lowest BCUT2D eigenvalue weighted by molar-refractivity contribution is 1.40. The van der Waals surface area contributed by atoms with Crippen molar-refractivity contribution in [2.24, 2.45) is 0 Å². The van der Waals surface area contributed by atoms with Gasteiger partial charge in [-0.3, -0.25) is 0 Å². The molecule has 1 heterocycles. The minimum Gasteiger partial charge on any atom is -0.223 e. The number of aromatic nitrogens is 1. The Bertz CT molecular complexity index is 543. The maximum Gasteiger partial charge on any atom is 0.158 e. The summed E-state index contributed by atoms with van der Waals surface area (Å²) in [4.78, 5) is 4.50. The molecule has 0 saturated heterocycles. The van der Waals surface area contributed by atoms with Crippen LogP contribution in [0.3, 0.4) is 0 Å². The second-order valence-corrected chi connectivity index (χ2v) is 4.49. The zero-order valence-electron chi connectivity index (χ0n) is 7.37. The van der Waals surface area contributed by atoms with Gasteiger partial charge in [0.25, 0.3) is 0 Å². The molecule has 0 aliphatic heterocycles. The summed E-state index contributed by atoms with van der Waals surface area (Å²) in [6, 6.07) is 9.31. The number of thiazole rings is 1. The van der Waals surface area contributed by atoms with Gasteiger partial charge in [0.15, 0.2) is 5.15 Å². The number of halogens is 2. The molecule has 1 aromatic heterocycles. The Kier molecular flexibility index (Phi) is 2.92. The number of hydrogen-bond donors (Lipinski definition) is 0. The standard InChI is InChI=1S/C10H4Cl2N2S/c11-7-4-2-1-3-6(7)10-14-9(12)8(5-13)15-10/h1-4H. The first-order valence-electron chi connectivity index (χ1n) is 4.03. The molecule has 0 radical (unpaired) electrons. The van der Waals surface area contributed by atoms with Gasteiger partial charge in [0.05, 0.1) is 5.02 Å². The number of benzene rings is 1. The lowest BCUT2D eigenvalue weighted by Crippen LogP contribution is -1.76. The smallest absolute Gasteiger partial charge is 0.158 e. The second-order valence-electron chi connectivity index (χ2n) is 2.73. The van der Waals surface area contributed by atoms with E-state index in [-0.39, 0.29) is 5.15 Å². The van der Waals surface area contributed by atoms with Gasteiger partial charge in [-0.05, 0) is 6.07 Å². The first-order chi connectivity index (χ1) is 7.22. The third kappa shape index (κ3) is 1.98. The highest BCUT2D eigenvalue weighted by atomic mass is 35.5. The van der Waals surface area contributed by atoms with E-state index >= 15 is 0 Å². The molecule has 2 nitrogen and oxygen atoms in total. The molecule has 1 aromatic carbocycles. The van der Waals surface area contributed by atoms with E-state index in [0.29, 0.717) is 14.9 Å². The number of nitrogens with zero attached hydrogens (tertiary/aromatic N) is 2. The van der Waals surface area contributed by atoms with Crippen LogP contribution in [0, 0.1) is 11.3 Å². The molecule has 0 amide bonds. The highest BCUT2D eigenvalue weighted by molar-refractivity contribution is 7.16. The largest absolute Gasteiger partial charge is 0.223 e. The van der Waals surface area contributed by atoms with E-state index in [1.54, 1.807) is 6.07 Å². The monoisotopic (exact) mass is 254 g/mol. The van der Waals surface area contributed by atoms with Crippen molar-refractivity contribution in [3.8, 4) is 16.6 Å². The Morgan fingerprint density at radius 1 is 1.27 bits per heavy atom. The first-order valence-corrected chi connectivity index (χ1v) is 5.61. The highest BCUT2D eigenvalue weighted by Crippen LogP contribution is 2.34. The Morgan fingerprint density at radius 2 is 2.00 bits per heavy atom. The van der Waals surface area contributed by atoms with Crippen molar-refractivity contribution in [3.63, 3.8) is 0 Å². The number of rotatable bonds is 1. The van der Waals surface area contributed by atoms with Crippen LogP contribution >= 0.6 is 34.5 Å². The summed E-state index contributed by atoms with van der Waals surface area (Å²) in [5.41, 5.74) is 0.799. The molecule has 0 atom stereocenters. The predicted octanol–water partition coefficient (Wildman–Crippen LogP) is 3.99. The summed E-state index contributed by atoms with van der Waals surface area (Å²) in [6.45, 7) is 0. The Labute approximate surface area is 101 Å². The van der Waals surface area contributed by atoms with Crippen molar-refractivity contribution in [1.29, 1.82) is 5.26 Å². The van der Waals surface area contributed by atoms with E-state index in [0.717, 1.165) is 5.56 Å². The normalized spacial score (nSPS) is 9.93. The van der Waals surface area contributed by atoms with Crippen LogP contribution in [-0.4, -0.2) is 4.98 Å². The highest BCUT2D eigenvalue weighted by Gasteiger charge is 2.12. The van der Waals surface area contributed by atoms with Crippen molar-refractivity contribution in [3.05, 3.63) is 39.3 Å². The average molecular weight is 255 g/mol. The van der Waals surface area contributed by atoms with Crippen molar-refractivity contribution in [2.45, 2.75) is 0 Å². The van der Waals surface area contributed by atoms with Gasteiger partial charge in [-0.1, -0.05) is 41.4 Å². The van der Waals surface area contributed by atoms with Crippen molar-refractivity contribution in [1.82, 2.24) is 4.98 Å². The Hall–Kier alpha value is -1.08. The fraction of sp³-hybridized carbons (Fsp3) is 0. The van der Waals surface area contributed by atoms with E-state index in [9.17, 15) is 0 Å².